The lowest BCUT2D eigenvalue weighted by atomic mass is 10.1. The van der Waals surface area contributed by atoms with Crippen LogP contribution in [0.2, 0.25) is 0 Å². The first kappa shape index (κ1) is 11.3. The smallest absolute Gasteiger partial charge is 0.251 e. The minimum Gasteiger partial charge on any atom is -0.399 e. The van der Waals surface area contributed by atoms with Crippen LogP contribution in [0.5, 0.6) is 0 Å². The Balaban J connectivity index is 2.65. The number of nitrogens with two attached hydrogens (primary N) is 2. The molecule has 15 heavy (non-hydrogen) atoms. The van der Waals surface area contributed by atoms with Gasteiger partial charge in [-0.1, -0.05) is 0 Å². The maximum atomic E-state index is 11.5. The van der Waals surface area contributed by atoms with Crippen LogP contribution in [-0.2, 0) is 0 Å². The van der Waals surface area contributed by atoms with E-state index in [1.807, 2.05) is 0 Å². The molecule has 5 nitrogen and oxygen atoms in total. The van der Waals surface area contributed by atoms with E-state index in [2.05, 4.69) is 5.32 Å². The number of rotatable bonds is 4. The van der Waals surface area contributed by atoms with E-state index in [1.54, 1.807) is 18.2 Å². The van der Waals surface area contributed by atoms with E-state index >= 15 is 0 Å². The largest absolute Gasteiger partial charge is 0.399 e. The molecule has 5 heteroatoms. The van der Waals surface area contributed by atoms with Crippen LogP contribution >= 0.6 is 0 Å². The molecule has 0 atom stereocenters. The molecule has 0 bridgehead atoms. The SMILES string of the molecule is Nc1cc(N)cc(C(=O)NCCCO)c1. The van der Waals surface area contributed by atoms with E-state index in [-0.39, 0.29) is 12.5 Å². The number of nitrogen functional groups attached to an aromatic ring is 2. The van der Waals surface area contributed by atoms with Crippen LogP contribution in [0.25, 0.3) is 0 Å². The van der Waals surface area contributed by atoms with Crippen LogP contribution in [-0.4, -0.2) is 24.2 Å². The van der Waals surface area contributed by atoms with Crippen molar-refractivity contribution in [2.45, 2.75) is 6.42 Å². The molecular formula is C10H15N3O2. The maximum Gasteiger partial charge on any atom is 0.251 e. The van der Waals surface area contributed by atoms with Crippen LogP contribution in [0.4, 0.5) is 11.4 Å². The van der Waals surface area contributed by atoms with Crippen LogP contribution in [0, 0.1) is 0 Å². The number of carbonyl (C=O) groups excluding carboxylic acids is 1. The van der Waals surface area contributed by atoms with E-state index < -0.39 is 0 Å². The molecule has 1 amide bonds. The van der Waals surface area contributed by atoms with Crippen LogP contribution in [0.15, 0.2) is 18.2 Å². The van der Waals surface area contributed by atoms with Gasteiger partial charge in [0.2, 0.25) is 0 Å². The second-order valence-corrected chi connectivity index (χ2v) is 3.22. The number of nitrogens with one attached hydrogen (secondary N) is 1. The van der Waals surface area contributed by atoms with Crippen molar-refractivity contribution in [3.8, 4) is 0 Å². The first-order valence-corrected chi connectivity index (χ1v) is 4.68. The summed E-state index contributed by atoms with van der Waals surface area (Å²) in [5.74, 6) is -0.234. The van der Waals surface area contributed by atoms with E-state index in [0.29, 0.717) is 29.9 Å². The second kappa shape index (κ2) is 5.21. The molecule has 0 aliphatic rings. The molecule has 1 aromatic carbocycles. The van der Waals surface area contributed by atoms with Gasteiger partial charge in [-0.2, -0.15) is 0 Å². The number of amides is 1. The Morgan fingerprint density at radius 3 is 2.40 bits per heavy atom. The highest BCUT2D eigenvalue weighted by Crippen LogP contribution is 2.13. The van der Waals surface area contributed by atoms with Crippen LogP contribution in [0.3, 0.4) is 0 Å². The van der Waals surface area contributed by atoms with Gasteiger partial charge < -0.3 is 21.9 Å². The average molecular weight is 209 g/mol. The van der Waals surface area contributed by atoms with Gasteiger partial charge in [0.25, 0.3) is 5.91 Å². The fraction of sp³-hybridized carbons (Fsp3) is 0.300. The molecule has 0 radical (unpaired) electrons. The van der Waals surface area contributed by atoms with Gasteiger partial charge in [0.15, 0.2) is 0 Å². The van der Waals surface area contributed by atoms with Gasteiger partial charge in [-0.3, -0.25) is 4.79 Å². The fourth-order valence-corrected chi connectivity index (χ4v) is 1.19. The van der Waals surface area contributed by atoms with Crippen molar-refractivity contribution in [1.82, 2.24) is 5.32 Å². The molecule has 0 spiro atoms. The first-order chi connectivity index (χ1) is 7.13. The summed E-state index contributed by atoms with van der Waals surface area (Å²) in [6.45, 7) is 0.489. The van der Waals surface area contributed by atoms with Crippen LogP contribution < -0.4 is 16.8 Å². The van der Waals surface area contributed by atoms with Crippen molar-refractivity contribution >= 4 is 17.3 Å². The van der Waals surface area contributed by atoms with Crippen molar-refractivity contribution in [3.63, 3.8) is 0 Å². The average Bonchev–Trinajstić information content (AvgIpc) is 2.16. The molecule has 0 heterocycles. The molecular weight excluding hydrogens is 194 g/mol. The Kier molecular flexibility index (Phi) is 3.93. The van der Waals surface area contributed by atoms with Gasteiger partial charge in [-0.05, 0) is 24.6 Å². The van der Waals surface area contributed by atoms with Gasteiger partial charge in [-0.25, -0.2) is 0 Å². The zero-order valence-electron chi connectivity index (χ0n) is 8.36. The lowest BCUT2D eigenvalue weighted by molar-refractivity contribution is 0.0951. The number of carbonyl (C=O) groups is 1. The molecule has 0 saturated carbocycles. The highest BCUT2D eigenvalue weighted by molar-refractivity contribution is 5.96. The normalized spacial score (nSPS) is 9.93. The summed E-state index contributed by atoms with van der Waals surface area (Å²) < 4.78 is 0. The number of aliphatic hydroxyl groups is 1. The van der Waals surface area contributed by atoms with E-state index in [9.17, 15) is 4.79 Å². The summed E-state index contributed by atoms with van der Waals surface area (Å²) in [5, 5.41) is 11.2. The Morgan fingerprint density at radius 2 is 1.87 bits per heavy atom. The Bertz CT molecular complexity index is 332. The zero-order chi connectivity index (χ0) is 11.3. The summed E-state index contributed by atoms with van der Waals surface area (Å²) in [5.41, 5.74) is 12.5. The third-order valence-corrected chi connectivity index (χ3v) is 1.86. The fourth-order valence-electron chi connectivity index (χ4n) is 1.19. The lowest BCUT2D eigenvalue weighted by Crippen LogP contribution is -2.25. The molecule has 1 rings (SSSR count). The van der Waals surface area contributed by atoms with Gasteiger partial charge in [0.05, 0.1) is 0 Å². The molecule has 0 unspecified atom stereocenters. The number of anilines is 2. The van der Waals surface area contributed by atoms with Crippen molar-refractivity contribution < 1.29 is 9.90 Å². The van der Waals surface area contributed by atoms with E-state index in [0.717, 1.165) is 0 Å². The standard InChI is InChI=1S/C10H15N3O2/c11-8-4-7(5-9(12)6-8)10(15)13-2-1-3-14/h4-6,14H,1-3,11-12H2,(H,13,15). The Morgan fingerprint density at radius 1 is 1.27 bits per heavy atom. The maximum absolute atomic E-state index is 11.5. The minimum absolute atomic E-state index is 0.0549. The molecule has 0 aliphatic heterocycles. The second-order valence-electron chi connectivity index (χ2n) is 3.22. The van der Waals surface area contributed by atoms with Crippen LogP contribution in [0.1, 0.15) is 16.8 Å². The number of hydrogen-bond acceptors (Lipinski definition) is 4. The Hall–Kier alpha value is -1.75. The number of aliphatic hydroxyl groups excluding tert-OH is 1. The molecule has 0 aliphatic carbocycles. The Labute approximate surface area is 88.1 Å². The topological polar surface area (TPSA) is 101 Å². The molecule has 0 saturated heterocycles. The highest BCUT2D eigenvalue weighted by Gasteiger charge is 2.05. The highest BCUT2D eigenvalue weighted by atomic mass is 16.3. The number of benzene rings is 1. The summed E-state index contributed by atoms with van der Waals surface area (Å²) >= 11 is 0. The van der Waals surface area contributed by atoms with Gasteiger partial charge in [0, 0.05) is 30.1 Å². The van der Waals surface area contributed by atoms with Gasteiger partial charge >= 0.3 is 0 Å². The van der Waals surface area contributed by atoms with E-state index in [1.165, 1.54) is 0 Å². The monoisotopic (exact) mass is 209 g/mol. The molecule has 1 aromatic rings. The van der Waals surface area contributed by atoms with Crippen molar-refractivity contribution in [2.24, 2.45) is 0 Å². The number of hydrogen-bond donors (Lipinski definition) is 4. The third kappa shape index (κ3) is 3.47. The van der Waals surface area contributed by atoms with Gasteiger partial charge in [-0.15, -0.1) is 0 Å². The first-order valence-electron chi connectivity index (χ1n) is 4.68. The zero-order valence-corrected chi connectivity index (χ0v) is 8.36. The van der Waals surface area contributed by atoms with Crippen molar-refractivity contribution in [1.29, 1.82) is 0 Å². The van der Waals surface area contributed by atoms with Gasteiger partial charge in [0.1, 0.15) is 0 Å². The summed E-state index contributed by atoms with van der Waals surface area (Å²) in [4.78, 5) is 11.5. The molecule has 82 valence electrons. The van der Waals surface area contributed by atoms with E-state index in [4.69, 9.17) is 16.6 Å². The minimum atomic E-state index is -0.234. The predicted molar refractivity (Wildman–Crippen MR) is 59.3 cm³/mol. The molecule has 0 aromatic heterocycles. The predicted octanol–water partition coefficient (Wildman–Crippen LogP) is -0.0368. The van der Waals surface area contributed by atoms with Crippen molar-refractivity contribution in [3.05, 3.63) is 23.8 Å². The van der Waals surface area contributed by atoms with Crippen molar-refractivity contribution in [2.75, 3.05) is 24.6 Å². The molecule has 0 fully saturated rings. The lowest BCUT2D eigenvalue weighted by Gasteiger charge is -2.05. The summed E-state index contributed by atoms with van der Waals surface area (Å²) in [6.07, 6.45) is 0.531. The third-order valence-electron chi connectivity index (χ3n) is 1.86. The summed E-state index contributed by atoms with van der Waals surface area (Å²) in [6, 6.07) is 4.71. The summed E-state index contributed by atoms with van der Waals surface area (Å²) in [7, 11) is 0. The quantitative estimate of drug-likeness (QED) is 0.413. The molecule has 6 N–H and O–H groups in total.